The van der Waals surface area contributed by atoms with Gasteiger partial charge in [0.25, 0.3) is 5.91 Å². The van der Waals surface area contributed by atoms with Crippen molar-refractivity contribution in [1.82, 2.24) is 5.32 Å². The van der Waals surface area contributed by atoms with E-state index in [0.717, 1.165) is 0 Å². The van der Waals surface area contributed by atoms with Crippen molar-refractivity contribution in [2.45, 2.75) is 6.10 Å². The zero-order chi connectivity index (χ0) is 20.3. The van der Waals surface area contributed by atoms with Crippen molar-refractivity contribution in [3.63, 3.8) is 0 Å². The van der Waals surface area contributed by atoms with Crippen molar-refractivity contribution >= 4 is 40.9 Å². The van der Waals surface area contributed by atoms with Gasteiger partial charge in [0, 0.05) is 17.3 Å². The van der Waals surface area contributed by atoms with Crippen LogP contribution in [0, 0.1) is 0 Å². The summed E-state index contributed by atoms with van der Waals surface area (Å²) in [4.78, 5) is 26.0. The van der Waals surface area contributed by atoms with Crippen LogP contribution in [0.15, 0.2) is 36.4 Å². The largest absolute Gasteiger partial charge is 0.497 e. The molecule has 1 unspecified atom stereocenters. The number of nitrogens with one attached hydrogen (secondary N) is 1. The number of halogens is 2. The van der Waals surface area contributed by atoms with Crippen LogP contribution in [0.25, 0.3) is 0 Å². The third kappa shape index (κ3) is 4.43. The van der Waals surface area contributed by atoms with E-state index in [2.05, 4.69) is 5.32 Å². The SMILES string of the molecule is COc1cc(OC)cc(C(=O)NCC2CN(c3ccc(Cl)c(Cl)c3)C(=O)O2)c1. The zero-order valence-corrected chi connectivity index (χ0v) is 16.7. The van der Waals surface area contributed by atoms with Crippen LogP contribution in [0.5, 0.6) is 11.5 Å². The highest BCUT2D eigenvalue weighted by Gasteiger charge is 2.32. The molecule has 1 heterocycles. The highest BCUT2D eigenvalue weighted by atomic mass is 35.5. The summed E-state index contributed by atoms with van der Waals surface area (Å²) in [6.45, 7) is 0.431. The number of rotatable bonds is 6. The zero-order valence-electron chi connectivity index (χ0n) is 15.2. The van der Waals surface area contributed by atoms with Crippen LogP contribution in [0.1, 0.15) is 10.4 Å². The molecule has 1 N–H and O–H groups in total. The predicted molar refractivity (Wildman–Crippen MR) is 106 cm³/mol. The van der Waals surface area contributed by atoms with Gasteiger partial charge in [-0.2, -0.15) is 0 Å². The van der Waals surface area contributed by atoms with E-state index >= 15 is 0 Å². The van der Waals surface area contributed by atoms with E-state index in [1.54, 1.807) is 36.4 Å². The van der Waals surface area contributed by atoms with Gasteiger partial charge < -0.3 is 19.5 Å². The van der Waals surface area contributed by atoms with E-state index in [1.165, 1.54) is 19.1 Å². The second-order valence-corrected chi connectivity index (χ2v) is 6.84. The maximum absolute atomic E-state index is 12.4. The van der Waals surface area contributed by atoms with Crippen molar-refractivity contribution < 1.29 is 23.8 Å². The molecular weight excluding hydrogens is 407 g/mol. The lowest BCUT2D eigenvalue weighted by molar-refractivity contribution is 0.0915. The van der Waals surface area contributed by atoms with Crippen LogP contribution in [0.3, 0.4) is 0 Å². The summed E-state index contributed by atoms with van der Waals surface area (Å²) in [5.74, 6) is 0.673. The summed E-state index contributed by atoms with van der Waals surface area (Å²) in [5.41, 5.74) is 0.952. The second kappa shape index (κ2) is 8.58. The number of hydrogen-bond donors (Lipinski definition) is 1. The quantitative estimate of drug-likeness (QED) is 0.763. The summed E-state index contributed by atoms with van der Waals surface area (Å²) in [6.07, 6.45) is -1.01. The average Bonchev–Trinajstić information content (AvgIpc) is 3.08. The van der Waals surface area contributed by atoms with Crippen LogP contribution < -0.4 is 19.7 Å². The monoisotopic (exact) mass is 424 g/mol. The number of cyclic esters (lactones) is 1. The van der Waals surface area contributed by atoms with Crippen LogP contribution >= 0.6 is 23.2 Å². The third-order valence-electron chi connectivity index (χ3n) is 4.19. The minimum absolute atomic E-state index is 0.155. The Labute approximate surface area is 172 Å². The van der Waals surface area contributed by atoms with E-state index in [0.29, 0.717) is 32.8 Å². The first kappa shape index (κ1) is 20.1. The van der Waals surface area contributed by atoms with Crippen LogP contribution in [-0.2, 0) is 4.74 Å². The molecule has 0 bridgehead atoms. The van der Waals surface area contributed by atoms with Crippen LogP contribution in [-0.4, -0.2) is 45.4 Å². The van der Waals surface area contributed by atoms with E-state index in [4.69, 9.17) is 37.4 Å². The van der Waals surface area contributed by atoms with Crippen LogP contribution in [0.2, 0.25) is 10.0 Å². The normalized spacial score (nSPS) is 15.9. The summed E-state index contributed by atoms with van der Waals surface area (Å²) in [5, 5.41) is 3.50. The molecule has 1 aliphatic rings. The van der Waals surface area contributed by atoms with Gasteiger partial charge in [0.15, 0.2) is 0 Å². The Morgan fingerprint density at radius 1 is 1.14 bits per heavy atom. The highest BCUT2D eigenvalue weighted by Crippen LogP contribution is 2.29. The molecule has 0 saturated carbocycles. The van der Waals surface area contributed by atoms with Crippen molar-refractivity contribution in [3.8, 4) is 11.5 Å². The molecule has 3 rings (SSSR count). The molecule has 1 saturated heterocycles. The molecule has 2 amide bonds. The molecule has 1 atom stereocenters. The predicted octanol–water partition coefficient (Wildman–Crippen LogP) is 3.77. The first-order valence-corrected chi connectivity index (χ1v) is 9.11. The minimum Gasteiger partial charge on any atom is -0.497 e. The fraction of sp³-hybridized carbons (Fsp3) is 0.263. The molecule has 148 valence electrons. The van der Waals surface area contributed by atoms with E-state index < -0.39 is 12.2 Å². The molecule has 0 radical (unpaired) electrons. The van der Waals surface area contributed by atoms with Gasteiger partial charge in [-0.1, -0.05) is 23.2 Å². The maximum Gasteiger partial charge on any atom is 0.414 e. The number of nitrogens with zero attached hydrogens (tertiary/aromatic N) is 1. The Bertz CT molecular complexity index is 884. The van der Waals surface area contributed by atoms with E-state index in [1.807, 2.05) is 0 Å². The van der Waals surface area contributed by atoms with Gasteiger partial charge in [0.2, 0.25) is 0 Å². The summed E-state index contributed by atoms with van der Waals surface area (Å²) < 4.78 is 15.7. The van der Waals surface area contributed by atoms with Crippen molar-refractivity contribution in [1.29, 1.82) is 0 Å². The van der Waals surface area contributed by atoms with Crippen molar-refractivity contribution in [2.24, 2.45) is 0 Å². The standard InChI is InChI=1S/C19H18Cl2N2O5/c1-26-13-5-11(6-14(8-13)27-2)18(24)22-9-15-10-23(19(25)28-15)12-3-4-16(20)17(21)7-12/h3-8,15H,9-10H2,1-2H3,(H,22,24). The second-order valence-electron chi connectivity index (χ2n) is 6.03. The number of anilines is 1. The Balaban J connectivity index is 1.63. The van der Waals surface area contributed by atoms with Gasteiger partial charge in [-0.25, -0.2) is 4.79 Å². The Hall–Kier alpha value is -2.64. The molecule has 2 aromatic carbocycles. The highest BCUT2D eigenvalue weighted by molar-refractivity contribution is 6.42. The van der Waals surface area contributed by atoms with Gasteiger partial charge in [-0.15, -0.1) is 0 Å². The van der Waals surface area contributed by atoms with E-state index in [9.17, 15) is 9.59 Å². The molecule has 0 aliphatic carbocycles. The Morgan fingerprint density at radius 3 is 2.43 bits per heavy atom. The summed E-state index contributed by atoms with van der Waals surface area (Å²) >= 11 is 11.9. The minimum atomic E-state index is -0.513. The Morgan fingerprint density at radius 2 is 1.82 bits per heavy atom. The molecule has 2 aromatic rings. The lowest BCUT2D eigenvalue weighted by Crippen LogP contribution is -2.34. The molecule has 28 heavy (non-hydrogen) atoms. The fourth-order valence-corrected chi connectivity index (χ4v) is 3.03. The van der Waals surface area contributed by atoms with Gasteiger partial charge in [-0.05, 0) is 30.3 Å². The Kier molecular flexibility index (Phi) is 6.16. The van der Waals surface area contributed by atoms with Crippen molar-refractivity contribution in [3.05, 3.63) is 52.0 Å². The van der Waals surface area contributed by atoms with Crippen LogP contribution in [0.4, 0.5) is 10.5 Å². The molecule has 1 fully saturated rings. The number of carbonyl (C=O) groups is 2. The lowest BCUT2D eigenvalue weighted by Gasteiger charge is -2.14. The van der Waals surface area contributed by atoms with E-state index in [-0.39, 0.29) is 19.0 Å². The fourth-order valence-electron chi connectivity index (χ4n) is 2.74. The average molecular weight is 425 g/mol. The molecule has 0 aromatic heterocycles. The van der Waals surface area contributed by atoms with Crippen molar-refractivity contribution in [2.75, 3.05) is 32.2 Å². The first-order valence-electron chi connectivity index (χ1n) is 8.35. The molecule has 0 spiro atoms. The van der Waals surface area contributed by atoms with Gasteiger partial charge in [-0.3, -0.25) is 9.69 Å². The molecule has 1 aliphatic heterocycles. The first-order chi connectivity index (χ1) is 13.4. The van der Waals surface area contributed by atoms with Gasteiger partial charge in [0.05, 0.1) is 37.4 Å². The molecular formula is C19H18Cl2N2O5. The topological polar surface area (TPSA) is 77.1 Å². The molecule has 9 heteroatoms. The number of ether oxygens (including phenoxy) is 3. The number of amides is 2. The smallest absolute Gasteiger partial charge is 0.414 e. The number of methoxy groups -OCH3 is 2. The number of carbonyl (C=O) groups excluding carboxylic acids is 2. The van der Waals surface area contributed by atoms with Gasteiger partial charge in [0.1, 0.15) is 17.6 Å². The molecule has 7 nitrogen and oxygen atoms in total. The van der Waals surface area contributed by atoms with Gasteiger partial charge >= 0.3 is 6.09 Å². The maximum atomic E-state index is 12.4. The number of hydrogen-bond acceptors (Lipinski definition) is 5. The number of benzene rings is 2. The third-order valence-corrected chi connectivity index (χ3v) is 4.93. The summed E-state index contributed by atoms with van der Waals surface area (Å²) in [7, 11) is 3.01. The lowest BCUT2D eigenvalue weighted by atomic mass is 10.2. The summed E-state index contributed by atoms with van der Waals surface area (Å²) in [6, 6.07) is 9.75.